The predicted octanol–water partition coefficient (Wildman–Crippen LogP) is 1.81. The zero-order chi connectivity index (χ0) is 10.9. The summed E-state index contributed by atoms with van der Waals surface area (Å²) in [6.45, 7) is 0. The first-order chi connectivity index (χ1) is 6.49. The summed E-state index contributed by atoms with van der Waals surface area (Å²) in [5.41, 5.74) is -0.506. The van der Waals surface area contributed by atoms with E-state index >= 15 is 0 Å². The number of carbonyl (C=O) groups is 2. The summed E-state index contributed by atoms with van der Waals surface area (Å²) < 4.78 is 4.36. The average Bonchev–Trinajstić information content (AvgIpc) is 2.43. The van der Waals surface area contributed by atoms with Crippen molar-refractivity contribution in [1.29, 1.82) is 0 Å². The van der Waals surface area contributed by atoms with Crippen molar-refractivity contribution in [3.63, 3.8) is 0 Å². The van der Waals surface area contributed by atoms with Crippen LogP contribution in [0.3, 0.4) is 0 Å². The Morgan fingerprint density at radius 2 is 1.79 bits per heavy atom. The van der Waals surface area contributed by atoms with Crippen molar-refractivity contribution in [3.8, 4) is 0 Å². The Morgan fingerprint density at radius 1 is 1.29 bits per heavy atom. The Balaban J connectivity index is 3.28. The molecule has 0 unspecified atom stereocenters. The second-order valence-electron chi connectivity index (χ2n) is 2.30. The minimum atomic E-state index is -1.30. The average molecular weight is 238 g/mol. The highest BCUT2D eigenvalue weighted by Crippen LogP contribution is 2.29. The number of hydrogen-bond acceptors (Lipinski definition) is 3. The summed E-state index contributed by atoms with van der Waals surface area (Å²) in [5, 5.41) is 8.27. The number of hydrogen-bond donors (Lipinski definition) is 2. The fourth-order valence-corrected chi connectivity index (χ4v) is 1.29. The van der Waals surface area contributed by atoms with Gasteiger partial charge in [0.2, 0.25) is 0 Å². The lowest BCUT2D eigenvalue weighted by Crippen LogP contribution is -2.04. The van der Waals surface area contributed by atoms with Gasteiger partial charge in [-0.05, 0) is 0 Å². The van der Waals surface area contributed by atoms with Gasteiger partial charge in [0.1, 0.15) is 11.4 Å². The highest BCUT2D eigenvalue weighted by atomic mass is 35.5. The quantitative estimate of drug-likeness (QED) is 0.770. The molecule has 0 fully saturated rings. The van der Waals surface area contributed by atoms with E-state index in [0.29, 0.717) is 0 Å². The molecule has 0 saturated heterocycles. The van der Waals surface area contributed by atoms with E-state index in [0.717, 1.165) is 7.11 Å². The molecular formula is C7H5Cl2NO4. The zero-order valence-corrected chi connectivity index (χ0v) is 8.44. The van der Waals surface area contributed by atoms with Crippen LogP contribution in [-0.4, -0.2) is 29.1 Å². The summed E-state index contributed by atoms with van der Waals surface area (Å²) in [4.78, 5) is 23.9. The first kappa shape index (κ1) is 10.9. The van der Waals surface area contributed by atoms with Crippen LogP contribution in [0.15, 0.2) is 0 Å². The minimum Gasteiger partial charge on any atom is -0.477 e. The minimum absolute atomic E-state index is 0.157. The van der Waals surface area contributed by atoms with Gasteiger partial charge in [-0.2, -0.15) is 0 Å². The van der Waals surface area contributed by atoms with Crippen LogP contribution in [0.1, 0.15) is 21.0 Å². The Labute approximate surface area is 88.6 Å². The van der Waals surface area contributed by atoms with E-state index in [1.807, 2.05) is 0 Å². The fourth-order valence-electron chi connectivity index (χ4n) is 0.844. The summed E-state index contributed by atoms with van der Waals surface area (Å²) in [6.07, 6.45) is 0. The van der Waals surface area contributed by atoms with E-state index in [2.05, 4.69) is 9.72 Å². The summed E-state index contributed by atoms with van der Waals surface area (Å²) >= 11 is 11.2. The molecule has 1 aromatic heterocycles. The van der Waals surface area contributed by atoms with Crippen molar-refractivity contribution < 1.29 is 19.4 Å². The van der Waals surface area contributed by atoms with Gasteiger partial charge in [-0.15, -0.1) is 0 Å². The van der Waals surface area contributed by atoms with E-state index in [1.54, 1.807) is 0 Å². The molecule has 14 heavy (non-hydrogen) atoms. The number of aromatic amines is 1. The van der Waals surface area contributed by atoms with E-state index in [9.17, 15) is 9.59 Å². The normalized spacial score (nSPS) is 9.93. The Bertz CT molecular complexity index is 399. The number of methoxy groups -OCH3 is 1. The van der Waals surface area contributed by atoms with Crippen molar-refractivity contribution in [2.24, 2.45) is 0 Å². The lowest BCUT2D eigenvalue weighted by atomic mass is 10.4. The van der Waals surface area contributed by atoms with Crippen molar-refractivity contribution in [3.05, 3.63) is 21.4 Å². The van der Waals surface area contributed by atoms with Gasteiger partial charge in [-0.3, -0.25) is 0 Å². The predicted molar refractivity (Wildman–Crippen MR) is 49.1 cm³/mol. The molecule has 0 bridgehead atoms. The van der Waals surface area contributed by atoms with E-state index in [4.69, 9.17) is 28.3 Å². The number of rotatable bonds is 2. The Hall–Kier alpha value is -1.20. The fraction of sp³-hybridized carbons (Fsp3) is 0.143. The number of aromatic carboxylic acids is 1. The summed E-state index contributed by atoms with van der Waals surface area (Å²) in [7, 11) is 1.15. The molecule has 76 valence electrons. The molecule has 0 aliphatic carbocycles. The van der Waals surface area contributed by atoms with Crippen molar-refractivity contribution >= 4 is 35.1 Å². The maximum atomic E-state index is 11.0. The maximum Gasteiger partial charge on any atom is 0.356 e. The Morgan fingerprint density at radius 3 is 2.14 bits per heavy atom. The molecule has 5 nitrogen and oxygen atoms in total. The number of esters is 1. The van der Waals surface area contributed by atoms with Crippen LogP contribution in [0.4, 0.5) is 0 Å². The molecule has 0 aliphatic heterocycles. The van der Waals surface area contributed by atoms with Crippen LogP contribution in [0.25, 0.3) is 0 Å². The number of ether oxygens (including phenoxy) is 1. The van der Waals surface area contributed by atoms with Gasteiger partial charge in [-0.25, -0.2) is 9.59 Å². The largest absolute Gasteiger partial charge is 0.477 e. The lowest BCUT2D eigenvalue weighted by Gasteiger charge is -1.94. The summed E-state index contributed by atoms with van der Waals surface area (Å²) in [6, 6.07) is 0. The second kappa shape index (κ2) is 3.89. The monoisotopic (exact) mass is 237 g/mol. The molecule has 1 aromatic rings. The third kappa shape index (κ3) is 1.69. The van der Waals surface area contributed by atoms with Crippen LogP contribution in [0.2, 0.25) is 10.0 Å². The molecule has 0 aliphatic rings. The smallest absolute Gasteiger partial charge is 0.356 e. The number of carboxylic acids is 1. The second-order valence-corrected chi connectivity index (χ2v) is 3.06. The number of carboxylic acid groups (broad SMARTS) is 1. The molecule has 0 saturated carbocycles. The van der Waals surface area contributed by atoms with Crippen LogP contribution in [-0.2, 0) is 4.74 Å². The molecule has 2 N–H and O–H groups in total. The third-order valence-electron chi connectivity index (χ3n) is 1.49. The van der Waals surface area contributed by atoms with Crippen LogP contribution in [0.5, 0.6) is 0 Å². The molecule has 0 aromatic carbocycles. The van der Waals surface area contributed by atoms with Gasteiger partial charge in [0.15, 0.2) is 0 Å². The Kier molecular flexibility index (Phi) is 3.03. The molecule has 0 spiro atoms. The molecule has 0 radical (unpaired) electrons. The van der Waals surface area contributed by atoms with Gasteiger partial charge in [0.05, 0.1) is 17.2 Å². The summed E-state index contributed by atoms with van der Waals surface area (Å²) in [5.74, 6) is -2.07. The topological polar surface area (TPSA) is 79.4 Å². The number of halogens is 2. The number of nitrogens with one attached hydrogen (secondary N) is 1. The third-order valence-corrected chi connectivity index (χ3v) is 2.34. The molecule has 0 amide bonds. The molecular weight excluding hydrogens is 233 g/mol. The number of aromatic nitrogens is 1. The molecule has 0 atom stereocenters. The maximum absolute atomic E-state index is 11.0. The number of carbonyl (C=O) groups excluding carboxylic acids is 1. The first-order valence-corrected chi connectivity index (χ1v) is 4.13. The van der Waals surface area contributed by atoms with Crippen molar-refractivity contribution in [1.82, 2.24) is 4.98 Å². The van der Waals surface area contributed by atoms with E-state index in [1.165, 1.54) is 0 Å². The number of H-pyrrole nitrogens is 1. The van der Waals surface area contributed by atoms with Crippen molar-refractivity contribution in [2.45, 2.75) is 0 Å². The highest BCUT2D eigenvalue weighted by Gasteiger charge is 2.23. The van der Waals surface area contributed by atoms with Gasteiger partial charge in [0, 0.05) is 0 Å². The van der Waals surface area contributed by atoms with Gasteiger partial charge in [-0.1, -0.05) is 23.2 Å². The highest BCUT2D eigenvalue weighted by molar-refractivity contribution is 6.45. The van der Waals surface area contributed by atoms with Crippen LogP contribution in [0, 0.1) is 0 Å². The van der Waals surface area contributed by atoms with Gasteiger partial charge in [0.25, 0.3) is 0 Å². The van der Waals surface area contributed by atoms with Gasteiger partial charge < -0.3 is 14.8 Å². The van der Waals surface area contributed by atoms with Crippen LogP contribution >= 0.6 is 23.2 Å². The first-order valence-electron chi connectivity index (χ1n) is 3.37. The SMILES string of the molecule is COC(=O)c1[nH]c(C(=O)O)c(Cl)c1Cl. The van der Waals surface area contributed by atoms with E-state index in [-0.39, 0.29) is 21.4 Å². The standard InChI is InChI=1S/C7H5Cl2NO4/c1-14-7(13)5-3(9)2(8)4(10-5)6(11)12/h10H,1H3,(H,11,12). The molecule has 1 heterocycles. The molecule has 1 rings (SSSR count). The zero-order valence-electron chi connectivity index (χ0n) is 6.93. The van der Waals surface area contributed by atoms with Gasteiger partial charge >= 0.3 is 11.9 Å². The van der Waals surface area contributed by atoms with Crippen LogP contribution < -0.4 is 0 Å². The van der Waals surface area contributed by atoms with Crippen molar-refractivity contribution in [2.75, 3.05) is 7.11 Å². The van der Waals surface area contributed by atoms with E-state index < -0.39 is 11.9 Å². The molecule has 7 heteroatoms. The lowest BCUT2D eigenvalue weighted by molar-refractivity contribution is 0.0595.